The molecule has 1 atom stereocenters. The minimum absolute atomic E-state index is 0.128. The number of fused-ring (bicyclic) bond motifs is 3. The second-order valence-corrected chi connectivity index (χ2v) is 5.13. The maximum atomic E-state index is 11.5. The number of carbonyl (C=O) groups excluding carboxylic acids is 1. The molecular weight excluding hydrogens is 196 g/mol. The first-order valence-electron chi connectivity index (χ1n) is 6.02. The highest BCUT2D eigenvalue weighted by Gasteiger charge is 2.38. The summed E-state index contributed by atoms with van der Waals surface area (Å²) in [5, 5.41) is 0. The van der Waals surface area contributed by atoms with Gasteiger partial charge in [-0.1, -0.05) is 36.8 Å². The summed E-state index contributed by atoms with van der Waals surface area (Å²) in [6, 6.07) is 8.69. The monoisotopic (exact) mass is 212 g/mol. The fraction of sp³-hybridized carbons (Fsp3) is 0.400. The minimum atomic E-state index is 0.128. The molecule has 2 aliphatic carbocycles. The van der Waals surface area contributed by atoms with E-state index in [1.807, 2.05) is 6.08 Å². The van der Waals surface area contributed by atoms with Crippen LogP contribution in [-0.4, -0.2) is 5.78 Å². The molecule has 1 aromatic rings. The van der Waals surface area contributed by atoms with Gasteiger partial charge in [-0.05, 0) is 36.5 Å². The summed E-state index contributed by atoms with van der Waals surface area (Å²) in [4.78, 5) is 11.5. The van der Waals surface area contributed by atoms with Gasteiger partial charge in [0.25, 0.3) is 0 Å². The second kappa shape index (κ2) is 3.31. The molecule has 0 saturated carbocycles. The lowest BCUT2D eigenvalue weighted by Gasteiger charge is -2.40. The van der Waals surface area contributed by atoms with Gasteiger partial charge in [0.05, 0.1) is 0 Å². The molecule has 1 heteroatoms. The van der Waals surface area contributed by atoms with Crippen molar-refractivity contribution in [3.8, 4) is 0 Å². The molecule has 16 heavy (non-hydrogen) atoms. The normalized spacial score (nSPS) is 28.1. The van der Waals surface area contributed by atoms with E-state index in [1.54, 1.807) is 0 Å². The molecule has 3 rings (SSSR count). The van der Waals surface area contributed by atoms with Gasteiger partial charge in [-0.3, -0.25) is 4.79 Å². The molecule has 0 heterocycles. The predicted molar refractivity (Wildman–Crippen MR) is 64.4 cm³/mol. The lowest BCUT2D eigenvalue weighted by molar-refractivity contribution is -0.115. The average Bonchev–Trinajstić information content (AvgIpc) is 2.31. The smallest absolute Gasteiger partial charge is 0.155 e. The molecule has 0 unspecified atom stereocenters. The van der Waals surface area contributed by atoms with Gasteiger partial charge >= 0.3 is 0 Å². The zero-order valence-corrected chi connectivity index (χ0v) is 9.62. The summed E-state index contributed by atoms with van der Waals surface area (Å²) in [7, 11) is 0. The SMILES string of the molecule is C[C@]12CCC(=O)C=C1CCc1ccccc12. The first-order valence-corrected chi connectivity index (χ1v) is 6.02. The van der Waals surface area contributed by atoms with Gasteiger partial charge in [0, 0.05) is 11.8 Å². The Morgan fingerprint density at radius 2 is 1.94 bits per heavy atom. The first kappa shape index (κ1) is 9.83. The molecule has 0 amide bonds. The number of ketones is 1. The molecule has 0 radical (unpaired) electrons. The summed E-state index contributed by atoms with van der Waals surface area (Å²) in [6.07, 6.45) is 5.73. The van der Waals surface area contributed by atoms with E-state index < -0.39 is 0 Å². The van der Waals surface area contributed by atoms with Crippen molar-refractivity contribution in [1.82, 2.24) is 0 Å². The summed E-state index contributed by atoms with van der Waals surface area (Å²) >= 11 is 0. The van der Waals surface area contributed by atoms with Gasteiger partial charge in [0.15, 0.2) is 5.78 Å². The van der Waals surface area contributed by atoms with E-state index in [-0.39, 0.29) is 5.41 Å². The summed E-state index contributed by atoms with van der Waals surface area (Å²) < 4.78 is 0. The van der Waals surface area contributed by atoms with Crippen molar-refractivity contribution in [1.29, 1.82) is 0 Å². The van der Waals surface area contributed by atoms with Crippen LogP contribution in [-0.2, 0) is 16.6 Å². The highest BCUT2D eigenvalue weighted by Crippen LogP contribution is 2.46. The Balaban J connectivity index is 2.18. The largest absolute Gasteiger partial charge is 0.295 e. The second-order valence-electron chi connectivity index (χ2n) is 5.13. The summed E-state index contributed by atoms with van der Waals surface area (Å²) in [6.45, 7) is 2.29. The van der Waals surface area contributed by atoms with Crippen LogP contribution in [0, 0.1) is 0 Å². The third-order valence-corrected chi connectivity index (χ3v) is 4.19. The Bertz CT molecular complexity index is 484. The molecule has 0 bridgehead atoms. The van der Waals surface area contributed by atoms with Gasteiger partial charge in [-0.25, -0.2) is 0 Å². The Morgan fingerprint density at radius 1 is 1.12 bits per heavy atom. The third-order valence-electron chi connectivity index (χ3n) is 4.19. The van der Waals surface area contributed by atoms with Crippen molar-refractivity contribution in [2.45, 2.75) is 38.0 Å². The van der Waals surface area contributed by atoms with E-state index in [1.165, 1.54) is 16.7 Å². The Morgan fingerprint density at radius 3 is 2.81 bits per heavy atom. The van der Waals surface area contributed by atoms with E-state index >= 15 is 0 Å². The van der Waals surface area contributed by atoms with Crippen LogP contribution in [0.2, 0.25) is 0 Å². The molecule has 2 aliphatic rings. The van der Waals surface area contributed by atoms with Crippen molar-refractivity contribution in [2.24, 2.45) is 0 Å². The van der Waals surface area contributed by atoms with Gasteiger partial charge in [-0.15, -0.1) is 0 Å². The zero-order chi connectivity index (χ0) is 11.2. The molecule has 1 aromatic carbocycles. The number of aryl methyl sites for hydroxylation is 1. The number of allylic oxidation sites excluding steroid dienone is 2. The number of hydrogen-bond donors (Lipinski definition) is 0. The fourth-order valence-electron chi connectivity index (χ4n) is 3.16. The van der Waals surface area contributed by atoms with Crippen LogP contribution in [0.15, 0.2) is 35.9 Å². The maximum Gasteiger partial charge on any atom is 0.155 e. The van der Waals surface area contributed by atoms with Crippen molar-refractivity contribution in [3.63, 3.8) is 0 Å². The Labute approximate surface area is 96.2 Å². The van der Waals surface area contributed by atoms with Crippen molar-refractivity contribution < 1.29 is 4.79 Å². The van der Waals surface area contributed by atoms with Gasteiger partial charge in [-0.2, -0.15) is 0 Å². The molecule has 0 fully saturated rings. The van der Waals surface area contributed by atoms with Crippen LogP contribution in [0.4, 0.5) is 0 Å². The van der Waals surface area contributed by atoms with Gasteiger partial charge in [0.1, 0.15) is 0 Å². The van der Waals surface area contributed by atoms with Gasteiger partial charge in [0.2, 0.25) is 0 Å². The number of rotatable bonds is 0. The average molecular weight is 212 g/mol. The number of benzene rings is 1. The van der Waals surface area contributed by atoms with Crippen LogP contribution < -0.4 is 0 Å². The lowest BCUT2D eigenvalue weighted by atomic mass is 9.63. The highest BCUT2D eigenvalue weighted by molar-refractivity contribution is 5.92. The molecule has 0 spiro atoms. The predicted octanol–water partition coefficient (Wildman–Crippen LogP) is 3.18. The van der Waals surface area contributed by atoms with Crippen LogP contribution in [0.3, 0.4) is 0 Å². The van der Waals surface area contributed by atoms with E-state index in [2.05, 4.69) is 31.2 Å². The Hall–Kier alpha value is -1.37. The summed E-state index contributed by atoms with van der Waals surface area (Å²) in [5.41, 5.74) is 4.39. The first-order chi connectivity index (χ1) is 7.70. The van der Waals surface area contributed by atoms with Gasteiger partial charge < -0.3 is 0 Å². The molecule has 0 aliphatic heterocycles. The van der Waals surface area contributed by atoms with Crippen LogP contribution in [0.5, 0.6) is 0 Å². The summed E-state index contributed by atoms with van der Waals surface area (Å²) in [5.74, 6) is 0.312. The van der Waals surface area contributed by atoms with Crippen molar-refractivity contribution in [2.75, 3.05) is 0 Å². The molecule has 82 valence electrons. The molecule has 0 N–H and O–H groups in total. The minimum Gasteiger partial charge on any atom is -0.295 e. The topological polar surface area (TPSA) is 17.1 Å². The van der Waals surface area contributed by atoms with E-state index in [0.29, 0.717) is 12.2 Å². The fourth-order valence-corrected chi connectivity index (χ4v) is 3.16. The number of hydrogen-bond acceptors (Lipinski definition) is 1. The molecule has 1 nitrogen and oxygen atoms in total. The molecule has 0 saturated heterocycles. The van der Waals surface area contributed by atoms with Crippen molar-refractivity contribution >= 4 is 5.78 Å². The van der Waals surface area contributed by atoms with Crippen LogP contribution >= 0.6 is 0 Å². The standard InChI is InChI=1S/C15H16O/c1-15-9-8-13(16)10-12(15)7-6-11-4-2-3-5-14(11)15/h2-5,10H,6-9H2,1H3/t15-/m0/s1. The molecular formula is C15H16O. The van der Waals surface area contributed by atoms with E-state index in [4.69, 9.17) is 0 Å². The number of carbonyl (C=O) groups is 1. The molecule has 0 aromatic heterocycles. The quantitative estimate of drug-likeness (QED) is 0.645. The Kier molecular flexibility index (Phi) is 2.03. The van der Waals surface area contributed by atoms with Crippen LogP contribution in [0.25, 0.3) is 0 Å². The van der Waals surface area contributed by atoms with E-state index in [0.717, 1.165) is 19.3 Å². The highest BCUT2D eigenvalue weighted by atomic mass is 16.1. The maximum absolute atomic E-state index is 11.5. The zero-order valence-electron chi connectivity index (χ0n) is 9.62. The van der Waals surface area contributed by atoms with E-state index in [9.17, 15) is 4.79 Å². The van der Waals surface area contributed by atoms with Crippen molar-refractivity contribution in [3.05, 3.63) is 47.0 Å². The lowest BCUT2D eigenvalue weighted by Crippen LogP contribution is -2.34. The van der Waals surface area contributed by atoms with Crippen LogP contribution in [0.1, 0.15) is 37.3 Å². The third kappa shape index (κ3) is 1.27.